The van der Waals surface area contributed by atoms with E-state index in [0.717, 1.165) is 12.0 Å². The largest absolute Gasteiger partial charge is 0.356 e. The van der Waals surface area contributed by atoms with E-state index >= 15 is 0 Å². The fourth-order valence-electron chi connectivity index (χ4n) is 2.70. The zero-order valence-electron chi connectivity index (χ0n) is 12.3. The number of nitrogens with zero attached hydrogens (tertiary/aromatic N) is 1. The molecule has 4 heteroatoms. The summed E-state index contributed by atoms with van der Waals surface area (Å²) in [4.78, 5) is 25.9. The molecule has 1 saturated heterocycles. The normalized spacial score (nSPS) is 22.1. The van der Waals surface area contributed by atoms with Crippen LogP contribution in [0.15, 0.2) is 24.3 Å². The van der Waals surface area contributed by atoms with Crippen molar-refractivity contribution in [3.05, 3.63) is 35.4 Å². The summed E-state index contributed by atoms with van der Waals surface area (Å²) in [6.45, 7) is 4.70. The second kappa shape index (κ2) is 6.07. The maximum Gasteiger partial charge on any atom is 0.226 e. The minimum Gasteiger partial charge on any atom is -0.356 e. The third-order valence-corrected chi connectivity index (χ3v) is 3.89. The molecular formula is C16H22N2O2. The summed E-state index contributed by atoms with van der Waals surface area (Å²) in [5.41, 5.74) is 2.20. The lowest BCUT2D eigenvalue weighted by molar-refractivity contribution is -0.128. The molecule has 0 aliphatic carbocycles. The number of carbonyl (C=O) groups excluding carboxylic acids is 2. The molecular weight excluding hydrogens is 252 g/mol. The molecule has 0 radical (unpaired) electrons. The SMILES string of the molecule is CCCNC(=O)[C@H]1CC(=O)N(C)[C@@H]1c1ccc(C)cc1. The molecule has 1 fully saturated rings. The van der Waals surface area contributed by atoms with E-state index in [1.807, 2.05) is 38.1 Å². The molecule has 1 heterocycles. The predicted octanol–water partition coefficient (Wildman–Crippen LogP) is 2.04. The van der Waals surface area contributed by atoms with Gasteiger partial charge >= 0.3 is 0 Å². The molecule has 4 nitrogen and oxygen atoms in total. The Morgan fingerprint density at radius 3 is 2.60 bits per heavy atom. The highest BCUT2D eigenvalue weighted by molar-refractivity contribution is 5.90. The van der Waals surface area contributed by atoms with Crippen LogP contribution < -0.4 is 5.32 Å². The van der Waals surface area contributed by atoms with Crippen molar-refractivity contribution in [3.63, 3.8) is 0 Å². The van der Waals surface area contributed by atoms with Crippen LogP contribution in [-0.4, -0.2) is 30.3 Å². The number of likely N-dealkylation sites (tertiary alicyclic amines) is 1. The molecule has 1 aliphatic heterocycles. The van der Waals surface area contributed by atoms with Crippen molar-refractivity contribution in [1.82, 2.24) is 10.2 Å². The lowest BCUT2D eigenvalue weighted by Crippen LogP contribution is -2.34. The minimum absolute atomic E-state index is 0.0184. The average Bonchev–Trinajstić information content (AvgIpc) is 2.73. The molecule has 0 bridgehead atoms. The molecule has 2 amide bonds. The van der Waals surface area contributed by atoms with Crippen LogP contribution >= 0.6 is 0 Å². The van der Waals surface area contributed by atoms with Crippen LogP contribution in [0.3, 0.4) is 0 Å². The van der Waals surface area contributed by atoms with Gasteiger partial charge in [0, 0.05) is 20.0 Å². The van der Waals surface area contributed by atoms with Gasteiger partial charge in [-0.15, -0.1) is 0 Å². The van der Waals surface area contributed by atoms with E-state index in [1.54, 1.807) is 11.9 Å². The molecule has 2 rings (SSSR count). The van der Waals surface area contributed by atoms with Gasteiger partial charge in [0.25, 0.3) is 0 Å². The second-order valence-corrected chi connectivity index (χ2v) is 5.46. The Morgan fingerprint density at radius 2 is 2.00 bits per heavy atom. The van der Waals surface area contributed by atoms with Crippen molar-refractivity contribution in [1.29, 1.82) is 0 Å². The van der Waals surface area contributed by atoms with E-state index in [-0.39, 0.29) is 23.8 Å². The van der Waals surface area contributed by atoms with Gasteiger partial charge in [0.1, 0.15) is 0 Å². The maximum atomic E-state index is 12.3. The lowest BCUT2D eigenvalue weighted by atomic mass is 9.92. The number of nitrogens with one attached hydrogen (secondary N) is 1. The fraction of sp³-hybridized carbons (Fsp3) is 0.500. The van der Waals surface area contributed by atoms with E-state index in [1.165, 1.54) is 5.56 Å². The Hall–Kier alpha value is -1.84. The maximum absolute atomic E-state index is 12.3. The topological polar surface area (TPSA) is 49.4 Å². The number of carbonyl (C=O) groups is 2. The number of hydrogen-bond donors (Lipinski definition) is 1. The van der Waals surface area contributed by atoms with Gasteiger partial charge in [-0.1, -0.05) is 36.8 Å². The smallest absolute Gasteiger partial charge is 0.226 e. The van der Waals surface area contributed by atoms with Gasteiger partial charge in [-0.25, -0.2) is 0 Å². The fourth-order valence-corrected chi connectivity index (χ4v) is 2.70. The predicted molar refractivity (Wildman–Crippen MR) is 78.1 cm³/mol. The molecule has 2 atom stereocenters. The Balaban J connectivity index is 2.24. The third-order valence-electron chi connectivity index (χ3n) is 3.89. The number of rotatable bonds is 4. The van der Waals surface area contributed by atoms with E-state index in [2.05, 4.69) is 5.32 Å². The number of aryl methyl sites for hydroxylation is 1. The number of amides is 2. The standard InChI is InChI=1S/C16H22N2O2/c1-4-9-17-16(20)13-10-14(19)18(3)15(13)12-7-5-11(2)6-8-12/h5-8,13,15H,4,9-10H2,1-3H3,(H,17,20)/t13-,15+/m0/s1. The van der Waals surface area contributed by atoms with Gasteiger partial charge in [-0.05, 0) is 18.9 Å². The van der Waals surface area contributed by atoms with Crippen molar-refractivity contribution in [2.75, 3.05) is 13.6 Å². The average molecular weight is 274 g/mol. The Bertz CT molecular complexity index is 496. The Labute approximate surface area is 120 Å². The van der Waals surface area contributed by atoms with Crippen LogP contribution in [0.1, 0.15) is 36.9 Å². The molecule has 0 spiro atoms. The van der Waals surface area contributed by atoms with Crippen LogP contribution in [0.4, 0.5) is 0 Å². The molecule has 1 N–H and O–H groups in total. The van der Waals surface area contributed by atoms with E-state index in [9.17, 15) is 9.59 Å². The van der Waals surface area contributed by atoms with Crippen molar-refractivity contribution >= 4 is 11.8 Å². The Kier molecular flexibility index (Phi) is 4.42. The first-order valence-corrected chi connectivity index (χ1v) is 7.14. The zero-order valence-corrected chi connectivity index (χ0v) is 12.3. The highest BCUT2D eigenvalue weighted by Crippen LogP contribution is 2.37. The number of benzene rings is 1. The summed E-state index contributed by atoms with van der Waals surface area (Å²) >= 11 is 0. The summed E-state index contributed by atoms with van der Waals surface area (Å²) in [5, 5.41) is 2.91. The molecule has 1 aliphatic rings. The lowest BCUT2D eigenvalue weighted by Gasteiger charge is -2.25. The zero-order chi connectivity index (χ0) is 14.7. The Morgan fingerprint density at radius 1 is 1.35 bits per heavy atom. The van der Waals surface area contributed by atoms with E-state index < -0.39 is 0 Å². The minimum atomic E-state index is -0.290. The molecule has 0 saturated carbocycles. The monoisotopic (exact) mass is 274 g/mol. The van der Waals surface area contributed by atoms with Crippen LogP contribution in [0, 0.1) is 12.8 Å². The first-order valence-electron chi connectivity index (χ1n) is 7.14. The van der Waals surface area contributed by atoms with Crippen LogP contribution in [0.2, 0.25) is 0 Å². The van der Waals surface area contributed by atoms with Gasteiger partial charge in [0.2, 0.25) is 11.8 Å². The summed E-state index contributed by atoms with van der Waals surface area (Å²) in [5.74, 6) is -0.274. The summed E-state index contributed by atoms with van der Waals surface area (Å²) in [6, 6.07) is 7.91. The van der Waals surface area contributed by atoms with Crippen LogP contribution in [0.25, 0.3) is 0 Å². The van der Waals surface area contributed by atoms with Gasteiger partial charge in [-0.2, -0.15) is 0 Å². The van der Waals surface area contributed by atoms with Crippen molar-refractivity contribution in [2.24, 2.45) is 5.92 Å². The van der Waals surface area contributed by atoms with Gasteiger partial charge in [0.15, 0.2) is 0 Å². The van der Waals surface area contributed by atoms with E-state index in [0.29, 0.717) is 13.0 Å². The highest BCUT2D eigenvalue weighted by atomic mass is 16.2. The summed E-state index contributed by atoms with van der Waals surface area (Å²) < 4.78 is 0. The molecule has 0 unspecified atom stereocenters. The van der Waals surface area contributed by atoms with Crippen molar-refractivity contribution in [3.8, 4) is 0 Å². The first kappa shape index (κ1) is 14.6. The van der Waals surface area contributed by atoms with Gasteiger partial charge < -0.3 is 10.2 Å². The molecule has 1 aromatic carbocycles. The van der Waals surface area contributed by atoms with Crippen molar-refractivity contribution in [2.45, 2.75) is 32.7 Å². The summed E-state index contributed by atoms with van der Waals surface area (Å²) in [7, 11) is 1.78. The molecule has 108 valence electrons. The molecule has 20 heavy (non-hydrogen) atoms. The molecule has 1 aromatic rings. The first-order chi connectivity index (χ1) is 9.54. The van der Waals surface area contributed by atoms with Gasteiger partial charge in [-0.3, -0.25) is 9.59 Å². The van der Waals surface area contributed by atoms with Crippen molar-refractivity contribution < 1.29 is 9.59 Å². The number of hydrogen-bond acceptors (Lipinski definition) is 2. The van der Waals surface area contributed by atoms with Crippen LogP contribution in [-0.2, 0) is 9.59 Å². The van der Waals surface area contributed by atoms with Crippen LogP contribution in [0.5, 0.6) is 0 Å². The second-order valence-electron chi connectivity index (χ2n) is 5.46. The third kappa shape index (κ3) is 2.84. The van der Waals surface area contributed by atoms with E-state index in [4.69, 9.17) is 0 Å². The highest BCUT2D eigenvalue weighted by Gasteiger charge is 2.42. The van der Waals surface area contributed by atoms with Gasteiger partial charge in [0.05, 0.1) is 12.0 Å². The molecule has 0 aromatic heterocycles. The quantitative estimate of drug-likeness (QED) is 0.913. The summed E-state index contributed by atoms with van der Waals surface area (Å²) in [6.07, 6.45) is 1.20.